The van der Waals surface area contributed by atoms with Crippen LogP contribution in [0.3, 0.4) is 0 Å². The van der Waals surface area contributed by atoms with E-state index < -0.39 is 10.0 Å². The van der Waals surface area contributed by atoms with E-state index in [1.54, 1.807) is 13.2 Å². The second-order valence-electron chi connectivity index (χ2n) is 8.17. The topological polar surface area (TPSA) is 111 Å². The third-order valence-electron chi connectivity index (χ3n) is 5.97. The first kappa shape index (κ1) is 23.5. The van der Waals surface area contributed by atoms with Gasteiger partial charge in [-0.1, -0.05) is 23.2 Å². The number of nitrogens with zero attached hydrogens (tertiary/aromatic N) is 5. The molecule has 0 unspecified atom stereocenters. The van der Waals surface area contributed by atoms with Gasteiger partial charge in [0.25, 0.3) is 15.6 Å². The summed E-state index contributed by atoms with van der Waals surface area (Å²) in [5.74, 6) is 0.376. The van der Waals surface area contributed by atoms with Gasteiger partial charge in [0.1, 0.15) is 10.2 Å². The van der Waals surface area contributed by atoms with Crippen LogP contribution in [0.2, 0.25) is 10.2 Å². The Morgan fingerprint density at radius 1 is 1.25 bits per heavy atom. The van der Waals surface area contributed by atoms with Crippen molar-refractivity contribution in [2.45, 2.75) is 36.8 Å². The molecule has 2 aromatic rings. The molecule has 13 heteroatoms. The van der Waals surface area contributed by atoms with Gasteiger partial charge in [0.05, 0.1) is 30.9 Å². The Kier molecular flexibility index (Phi) is 7.11. The zero-order valence-corrected chi connectivity index (χ0v) is 20.0. The van der Waals surface area contributed by atoms with Gasteiger partial charge in [-0.3, -0.25) is 4.79 Å². The molecule has 2 aliphatic rings. The van der Waals surface area contributed by atoms with E-state index in [0.29, 0.717) is 37.6 Å². The Morgan fingerprint density at radius 3 is 2.62 bits per heavy atom. The lowest BCUT2D eigenvalue weighted by atomic mass is 10.0. The van der Waals surface area contributed by atoms with Crippen molar-refractivity contribution < 1.29 is 13.2 Å². The molecule has 10 nitrogen and oxygen atoms in total. The lowest BCUT2D eigenvalue weighted by molar-refractivity contribution is 0.0595. The molecule has 2 saturated heterocycles. The molecule has 0 saturated carbocycles. The number of aromatic nitrogens is 4. The van der Waals surface area contributed by atoms with Crippen molar-refractivity contribution in [2.24, 2.45) is 13.0 Å². The highest BCUT2D eigenvalue weighted by Crippen LogP contribution is 2.29. The fourth-order valence-electron chi connectivity index (χ4n) is 4.07. The maximum absolute atomic E-state index is 12.9. The maximum Gasteiger partial charge on any atom is 0.287 e. The predicted octanol–water partition coefficient (Wildman–Crippen LogP) is 2.15. The lowest BCUT2D eigenvalue weighted by Crippen LogP contribution is -2.41. The first-order valence-corrected chi connectivity index (χ1v) is 12.7. The minimum Gasteiger partial charge on any atom is -0.382 e. The summed E-state index contributed by atoms with van der Waals surface area (Å²) in [7, 11) is -2.18. The summed E-state index contributed by atoms with van der Waals surface area (Å²) in [6.07, 6.45) is 5.88. The summed E-state index contributed by atoms with van der Waals surface area (Å²) >= 11 is 12.4. The highest BCUT2D eigenvalue weighted by molar-refractivity contribution is 7.89. The Labute approximate surface area is 196 Å². The number of halogens is 2. The average Bonchev–Trinajstić information content (AvgIpc) is 3.14. The van der Waals surface area contributed by atoms with Crippen LogP contribution in [0.5, 0.6) is 0 Å². The van der Waals surface area contributed by atoms with Crippen LogP contribution in [0.15, 0.2) is 22.3 Å². The largest absolute Gasteiger partial charge is 0.382 e. The number of sulfonamides is 1. The smallest absolute Gasteiger partial charge is 0.287 e. The van der Waals surface area contributed by atoms with E-state index in [2.05, 4.69) is 15.4 Å². The summed E-state index contributed by atoms with van der Waals surface area (Å²) in [6, 6.07) is -0.244. The number of hydrogen-bond donors (Lipinski definition) is 1. The van der Waals surface area contributed by atoms with Crippen molar-refractivity contribution in [2.75, 3.05) is 38.2 Å². The summed E-state index contributed by atoms with van der Waals surface area (Å²) in [5.41, 5.74) is 0.119. The summed E-state index contributed by atoms with van der Waals surface area (Å²) in [5, 5.41) is 7.52. The van der Waals surface area contributed by atoms with Crippen molar-refractivity contribution in [3.8, 4) is 0 Å². The molecule has 1 N–H and O–H groups in total. The minimum absolute atomic E-state index is 0.0691. The van der Waals surface area contributed by atoms with Crippen LogP contribution < -0.4 is 10.9 Å². The van der Waals surface area contributed by atoms with Crippen LogP contribution in [0.25, 0.3) is 0 Å². The van der Waals surface area contributed by atoms with Gasteiger partial charge in [0.2, 0.25) is 5.03 Å². The average molecular weight is 505 g/mol. The molecule has 0 aromatic carbocycles. The van der Waals surface area contributed by atoms with Crippen LogP contribution in [0.4, 0.5) is 5.69 Å². The summed E-state index contributed by atoms with van der Waals surface area (Å²) in [4.78, 5) is 16.8. The molecule has 4 heterocycles. The molecule has 0 aliphatic carbocycles. The van der Waals surface area contributed by atoms with E-state index in [1.165, 1.54) is 19.9 Å². The summed E-state index contributed by atoms with van der Waals surface area (Å²) < 4.78 is 35.4. The van der Waals surface area contributed by atoms with Crippen LogP contribution in [0.1, 0.15) is 31.7 Å². The van der Waals surface area contributed by atoms with Gasteiger partial charge in [-0.2, -0.15) is 9.40 Å². The monoisotopic (exact) mass is 504 g/mol. The lowest BCUT2D eigenvalue weighted by Gasteiger charge is -2.31. The fraction of sp³-hybridized carbons (Fsp3) is 0.632. The zero-order chi connectivity index (χ0) is 22.9. The second-order valence-corrected chi connectivity index (χ2v) is 10.8. The number of nitrogens with one attached hydrogen (secondary N) is 1. The maximum atomic E-state index is 12.9. The molecule has 2 fully saturated rings. The number of anilines is 1. The molecule has 0 spiro atoms. The number of rotatable bonds is 6. The molecule has 4 rings (SSSR count). The van der Waals surface area contributed by atoms with E-state index in [-0.39, 0.29) is 39.9 Å². The van der Waals surface area contributed by atoms with Gasteiger partial charge in [-0.25, -0.2) is 18.1 Å². The molecule has 176 valence electrons. The van der Waals surface area contributed by atoms with E-state index in [0.717, 1.165) is 19.4 Å². The van der Waals surface area contributed by atoms with Crippen molar-refractivity contribution in [1.29, 1.82) is 0 Å². The predicted molar refractivity (Wildman–Crippen MR) is 121 cm³/mol. The molecular formula is C19H26Cl2N6O4S. The van der Waals surface area contributed by atoms with Crippen molar-refractivity contribution >= 4 is 38.9 Å². The number of imidazole rings is 1. The van der Waals surface area contributed by atoms with Gasteiger partial charge in [0, 0.05) is 33.3 Å². The van der Waals surface area contributed by atoms with Crippen LogP contribution >= 0.6 is 23.2 Å². The SMILES string of the molecule is Cn1cnc(S(=O)(=O)N2CCC(n3ncc(NC[C@H]4CCCOC4)c(Cl)c3=O)CC2)c1Cl. The first-order valence-electron chi connectivity index (χ1n) is 10.5. The van der Waals surface area contributed by atoms with Crippen molar-refractivity contribution in [3.63, 3.8) is 0 Å². The first-order chi connectivity index (χ1) is 15.3. The van der Waals surface area contributed by atoms with Crippen molar-refractivity contribution in [3.05, 3.63) is 33.1 Å². The number of ether oxygens (including phenoxy) is 1. The zero-order valence-electron chi connectivity index (χ0n) is 17.7. The van der Waals surface area contributed by atoms with Crippen LogP contribution in [-0.2, 0) is 21.8 Å². The highest BCUT2D eigenvalue weighted by Gasteiger charge is 2.34. The van der Waals surface area contributed by atoms with Crippen molar-refractivity contribution in [1.82, 2.24) is 23.6 Å². The Bertz CT molecular complexity index is 1120. The molecule has 0 radical (unpaired) electrons. The normalized spacial score (nSPS) is 21.0. The number of piperidine rings is 1. The summed E-state index contributed by atoms with van der Waals surface area (Å²) in [6.45, 7) is 2.61. The molecule has 2 aliphatic heterocycles. The standard InChI is InChI=1S/C19H26Cl2N6O4S/c1-25-12-23-18(17(25)21)32(29,30)26-6-4-14(5-7-26)27-19(28)16(20)15(10-24-27)22-9-13-3-2-8-31-11-13/h10,12-14,22H,2-9,11H2,1H3/t13-/m1/s1. The molecule has 0 bridgehead atoms. The minimum atomic E-state index is -3.81. The third-order valence-corrected chi connectivity index (χ3v) is 8.72. The van der Waals surface area contributed by atoms with E-state index in [1.807, 2.05) is 0 Å². The Hall–Kier alpha value is -1.66. The second kappa shape index (κ2) is 9.68. The van der Waals surface area contributed by atoms with E-state index in [4.69, 9.17) is 27.9 Å². The van der Waals surface area contributed by atoms with Crippen LogP contribution in [-0.4, -0.2) is 64.9 Å². The van der Waals surface area contributed by atoms with Gasteiger partial charge in [0.15, 0.2) is 0 Å². The van der Waals surface area contributed by atoms with E-state index >= 15 is 0 Å². The van der Waals surface area contributed by atoms with Gasteiger partial charge < -0.3 is 14.6 Å². The van der Waals surface area contributed by atoms with Crippen LogP contribution in [0, 0.1) is 5.92 Å². The Morgan fingerprint density at radius 2 is 2.00 bits per heavy atom. The van der Waals surface area contributed by atoms with Gasteiger partial charge >= 0.3 is 0 Å². The molecule has 1 atom stereocenters. The number of hydrogen-bond acceptors (Lipinski definition) is 7. The number of aryl methyl sites for hydroxylation is 1. The van der Waals surface area contributed by atoms with Gasteiger partial charge in [-0.15, -0.1) is 0 Å². The molecular weight excluding hydrogens is 479 g/mol. The van der Waals surface area contributed by atoms with Gasteiger partial charge in [-0.05, 0) is 31.6 Å². The quantitative estimate of drug-likeness (QED) is 0.641. The van der Waals surface area contributed by atoms with E-state index in [9.17, 15) is 13.2 Å². The molecule has 32 heavy (non-hydrogen) atoms. The molecule has 2 aromatic heterocycles. The fourth-order valence-corrected chi connectivity index (χ4v) is 6.13. The third kappa shape index (κ3) is 4.67. The highest BCUT2D eigenvalue weighted by atomic mass is 35.5. The molecule has 0 amide bonds. The Balaban J connectivity index is 1.41.